The molecule has 4 nitrogen and oxygen atoms in total. The average Bonchev–Trinajstić information content (AvgIpc) is 2.75. The molecule has 1 aromatic carbocycles. The molecular weight excluding hydrogens is 190 g/mol. The van der Waals surface area contributed by atoms with Crippen molar-refractivity contribution in [1.82, 2.24) is 5.32 Å². The number of ether oxygens (including phenoxy) is 1. The highest BCUT2D eigenvalue weighted by atomic mass is 16.5. The van der Waals surface area contributed by atoms with Crippen LogP contribution >= 0.6 is 0 Å². The van der Waals surface area contributed by atoms with Gasteiger partial charge in [-0.2, -0.15) is 0 Å². The zero-order valence-electron chi connectivity index (χ0n) is 9.00. The molecular formula is C11H15N3O. The Hall–Kier alpha value is -1.71. The number of nitrogens with one attached hydrogen (secondary N) is 1. The molecule has 15 heavy (non-hydrogen) atoms. The van der Waals surface area contributed by atoms with Crippen LogP contribution in [-0.4, -0.2) is 26.0 Å². The number of amidine groups is 1. The predicted octanol–water partition coefficient (Wildman–Crippen LogP) is 0.936. The van der Waals surface area contributed by atoms with Crippen molar-refractivity contribution < 1.29 is 4.74 Å². The molecule has 0 saturated carbocycles. The van der Waals surface area contributed by atoms with E-state index in [0.717, 1.165) is 41.5 Å². The van der Waals surface area contributed by atoms with Crippen molar-refractivity contribution in [2.24, 2.45) is 4.99 Å². The van der Waals surface area contributed by atoms with Crippen LogP contribution in [0.4, 0.5) is 5.69 Å². The molecule has 3 N–H and O–H groups in total. The first-order valence-corrected chi connectivity index (χ1v) is 4.96. The minimum absolute atomic E-state index is 0.738. The quantitative estimate of drug-likeness (QED) is 0.706. The number of hydrogen-bond donors (Lipinski definition) is 2. The molecule has 0 aromatic heterocycles. The third-order valence-corrected chi connectivity index (χ3v) is 2.61. The fourth-order valence-electron chi connectivity index (χ4n) is 1.71. The summed E-state index contributed by atoms with van der Waals surface area (Å²) in [5.41, 5.74) is 8.70. The van der Waals surface area contributed by atoms with Gasteiger partial charge in [0.25, 0.3) is 0 Å². The molecule has 1 aliphatic rings. The van der Waals surface area contributed by atoms with E-state index in [1.807, 2.05) is 19.1 Å². The smallest absolute Gasteiger partial charge is 0.130 e. The Kier molecular flexibility index (Phi) is 2.49. The number of nitrogens with two attached hydrogens (primary N) is 1. The fourth-order valence-corrected chi connectivity index (χ4v) is 1.71. The van der Waals surface area contributed by atoms with E-state index in [2.05, 4.69) is 10.3 Å². The maximum absolute atomic E-state index is 6.04. The van der Waals surface area contributed by atoms with Gasteiger partial charge in [-0.1, -0.05) is 0 Å². The first kappa shape index (κ1) is 9.83. The van der Waals surface area contributed by atoms with Gasteiger partial charge in [0.05, 0.1) is 13.7 Å². The van der Waals surface area contributed by atoms with Gasteiger partial charge in [0.1, 0.15) is 11.6 Å². The lowest BCUT2D eigenvalue weighted by molar-refractivity contribution is 0.412. The van der Waals surface area contributed by atoms with Crippen LogP contribution in [0.25, 0.3) is 0 Å². The first-order chi connectivity index (χ1) is 7.24. The van der Waals surface area contributed by atoms with E-state index in [0.29, 0.717) is 0 Å². The van der Waals surface area contributed by atoms with Gasteiger partial charge in [-0.3, -0.25) is 4.99 Å². The van der Waals surface area contributed by atoms with Crippen molar-refractivity contribution >= 4 is 11.5 Å². The average molecular weight is 205 g/mol. The van der Waals surface area contributed by atoms with Gasteiger partial charge >= 0.3 is 0 Å². The molecule has 80 valence electrons. The number of nitrogen functional groups attached to an aromatic ring is 1. The van der Waals surface area contributed by atoms with Crippen molar-refractivity contribution in [3.63, 3.8) is 0 Å². The van der Waals surface area contributed by atoms with Crippen LogP contribution in [-0.2, 0) is 0 Å². The van der Waals surface area contributed by atoms with Crippen molar-refractivity contribution in [1.29, 1.82) is 0 Å². The van der Waals surface area contributed by atoms with E-state index in [9.17, 15) is 0 Å². The van der Waals surface area contributed by atoms with Crippen molar-refractivity contribution in [3.05, 3.63) is 23.3 Å². The summed E-state index contributed by atoms with van der Waals surface area (Å²) in [6, 6.07) is 3.86. The zero-order valence-corrected chi connectivity index (χ0v) is 9.00. The van der Waals surface area contributed by atoms with Gasteiger partial charge in [-0.25, -0.2) is 0 Å². The van der Waals surface area contributed by atoms with Crippen LogP contribution in [0.2, 0.25) is 0 Å². The molecule has 0 saturated heterocycles. The van der Waals surface area contributed by atoms with Crippen molar-refractivity contribution in [2.45, 2.75) is 6.92 Å². The standard InChI is InChI=1S/C11H15N3O/c1-7-9(15-2)4-3-8(10(7)12)11-13-5-6-14-11/h3-4H,5-6,12H2,1-2H3,(H,13,14). The molecule has 0 aliphatic carbocycles. The van der Waals surface area contributed by atoms with Gasteiger partial charge in [-0.15, -0.1) is 0 Å². The van der Waals surface area contributed by atoms with Crippen molar-refractivity contribution in [2.75, 3.05) is 25.9 Å². The van der Waals surface area contributed by atoms with Gasteiger partial charge in [0, 0.05) is 23.4 Å². The summed E-state index contributed by atoms with van der Waals surface area (Å²) < 4.78 is 5.20. The Morgan fingerprint density at radius 3 is 2.87 bits per heavy atom. The van der Waals surface area contributed by atoms with Gasteiger partial charge in [-0.05, 0) is 19.1 Å². The third kappa shape index (κ3) is 1.63. The number of anilines is 1. The molecule has 0 atom stereocenters. The third-order valence-electron chi connectivity index (χ3n) is 2.61. The molecule has 1 aliphatic heterocycles. The monoisotopic (exact) mass is 205 g/mol. The number of aliphatic imine (C=N–C) groups is 1. The van der Waals surface area contributed by atoms with E-state index < -0.39 is 0 Å². The van der Waals surface area contributed by atoms with E-state index in [4.69, 9.17) is 10.5 Å². The first-order valence-electron chi connectivity index (χ1n) is 4.96. The number of nitrogens with zero attached hydrogens (tertiary/aromatic N) is 1. The lowest BCUT2D eigenvalue weighted by Gasteiger charge is -2.12. The number of benzene rings is 1. The number of rotatable bonds is 2. The van der Waals surface area contributed by atoms with E-state index in [1.165, 1.54) is 0 Å². The van der Waals surface area contributed by atoms with Gasteiger partial charge in [0.2, 0.25) is 0 Å². The Morgan fingerprint density at radius 1 is 1.47 bits per heavy atom. The molecule has 0 fully saturated rings. The number of hydrogen-bond acceptors (Lipinski definition) is 4. The second-order valence-electron chi connectivity index (χ2n) is 3.51. The Morgan fingerprint density at radius 2 is 2.27 bits per heavy atom. The predicted molar refractivity (Wildman–Crippen MR) is 61.6 cm³/mol. The molecule has 0 amide bonds. The van der Waals surface area contributed by atoms with Crippen LogP contribution in [0.5, 0.6) is 5.75 Å². The highest BCUT2D eigenvalue weighted by Crippen LogP contribution is 2.27. The van der Waals surface area contributed by atoms with E-state index >= 15 is 0 Å². The van der Waals surface area contributed by atoms with Crippen LogP contribution in [0, 0.1) is 6.92 Å². The SMILES string of the molecule is COc1ccc(C2=NCCN2)c(N)c1C. The minimum atomic E-state index is 0.738. The van der Waals surface area contributed by atoms with Crippen LogP contribution in [0.3, 0.4) is 0 Å². The Bertz CT molecular complexity index is 413. The maximum atomic E-state index is 6.04. The molecule has 0 spiro atoms. The largest absolute Gasteiger partial charge is 0.496 e. The molecule has 2 rings (SSSR count). The molecule has 0 radical (unpaired) electrons. The minimum Gasteiger partial charge on any atom is -0.496 e. The lowest BCUT2D eigenvalue weighted by atomic mass is 10.1. The van der Waals surface area contributed by atoms with Crippen LogP contribution in [0.1, 0.15) is 11.1 Å². The molecule has 1 heterocycles. The summed E-state index contributed by atoms with van der Waals surface area (Å²) in [6.07, 6.45) is 0. The highest BCUT2D eigenvalue weighted by Gasteiger charge is 2.14. The van der Waals surface area contributed by atoms with Gasteiger partial charge in [0.15, 0.2) is 0 Å². The summed E-state index contributed by atoms with van der Waals surface area (Å²) in [7, 11) is 1.65. The summed E-state index contributed by atoms with van der Waals surface area (Å²) in [4.78, 5) is 4.35. The molecule has 0 bridgehead atoms. The fraction of sp³-hybridized carbons (Fsp3) is 0.364. The molecule has 1 aromatic rings. The second-order valence-corrected chi connectivity index (χ2v) is 3.51. The Balaban J connectivity index is 2.45. The molecule has 4 heteroatoms. The Labute approximate surface area is 89.1 Å². The second kappa shape index (κ2) is 3.81. The summed E-state index contributed by atoms with van der Waals surface area (Å²) in [5, 5.41) is 3.21. The highest BCUT2D eigenvalue weighted by molar-refractivity contribution is 6.04. The normalized spacial score (nSPS) is 14.7. The van der Waals surface area contributed by atoms with Crippen LogP contribution < -0.4 is 15.8 Å². The zero-order chi connectivity index (χ0) is 10.8. The topological polar surface area (TPSA) is 59.6 Å². The van der Waals surface area contributed by atoms with E-state index in [-0.39, 0.29) is 0 Å². The summed E-state index contributed by atoms with van der Waals surface area (Å²) >= 11 is 0. The summed E-state index contributed by atoms with van der Waals surface area (Å²) in [5.74, 6) is 1.70. The summed E-state index contributed by atoms with van der Waals surface area (Å²) in [6.45, 7) is 3.66. The molecule has 0 unspecified atom stereocenters. The maximum Gasteiger partial charge on any atom is 0.130 e. The van der Waals surface area contributed by atoms with E-state index in [1.54, 1.807) is 7.11 Å². The van der Waals surface area contributed by atoms with Crippen molar-refractivity contribution in [3.8, 4) is 5.75 Å². The lowest BCUT2D eigenvalue weighted by Crippen LogP contribution is -2.21. The van der Waals surface area contributed by atoms with Crippen LogP contribution in [0.15, 0.2) is 17.1 Å². The van der Waals surface area contributed by atoms with Gasteiger partial charge < -0.3 is 15.8 Å². The number of methoxy groups -OCH3 is 1.